The second-order valence-electron chi connectivity index (χ2n) is 9.06. The molecule has 1 fully saturated rings. The molecule has 6 rings (SSSR count). The van der Waals surface area contributed by atoms with Crippen molar-refractivity contribution in [1.29, 1.82) is 0 Å². The van der Waals surface area contributed by atoms with Gasteiger partial charge in [-0.05, 0) is 56.5 Å². The number of nitrogens with one attached hydrogen (secondary N) is 3. The highest BCUT2D eigenvalue weighted by Gasteiger charge is 2.21. The van der Waals surface area contributed by atoms with Crippen LogP contribution in [0.2, 0.25) is 0 Å². The first-order valence-corrected chi connectivity index (χ1v) is 12.1. The smallest absolute Gasteiger partial charge is 0.261 e. The van der Waals surface area contributed by atoms with Gasteiger partial charge in [0, 0.05) is 36.6 Å². The van der Waals surface area contributed by atoms with Gasteiger partial charge in [0.05, 0.1) is 28.3 Å². The Bertz CT molecular complexity index is 1550. The van der Waals surface area contributed by atoms with Gasteiger partial charge in [0.15, 0.2) is 0 Å². The van der Waals surface area contributed by atoms with Gasteiger partial charge >= 0.3 is 0 Å². The molecule has 176 valence electrons. The van der Waals surface area contributed by atoms with Gasteiger partial charge in [-0.1, -0.05) is 18.2 Å². The lowest BCUT2D eigenvalue weighted by Gasteiger charge is -2.28. The number of piperidine rings is 1. The number of imidazole rings is 1. The molecule has 8 nitrogen and oxygen atoms in total. The van der Waals surface area contributed by atoms with Crippen molar-refractivity contribution in [3.8, 4) is 11.4 Å². The summed E-state index contributed by atoms with van der Waals surface area (Å²) in [5.41, 5.74) is 4.67. The number of hydrogen-bond acceptors (Lipinski definition) is 6. The van der Waals surface area contributed by atoms with E-state index >= 15 is 0 Å². The number of pyridine rings is 1. The van der Waals surface area contributed by atoms with Crippen LogP contribution in [0.5, 0.6) is 0 Å². The van der Waals surface area contributed by atoms with Gasteiger partial charge in [-0.25, -0.2) is 15.0 Å². The molecular formula is C27H27N7O. The maximum Gasteiger partial charge on any atom is 0.261 e. The zero-order chi connectivity index (χ0) is 23.8. The fourth-order valence-electron chi connectivity index (χ4n) is 4.90. The van der Waals surface area contributed by atoms with E-state index in [9.17, 15) is 4.79 Å². The van der Waals surface area contributed by atoms with Crippen LogP contribution in [-0.4, -0.2) is 38.0 Å². The topological polar surface area (TPSA) is 103 Å². The third-order valence-corrected chi connectivity index (χ3v) is 6.68. The number of hydrogen-bond donors (Lipinski definition) is 3. The predicted octanol–water partition coefficient (Wildman–Crippen LogP) is 5.02. The molecule has 0 aliphatic carbocycles. The summed E-state index contributed by atoms with van der Waals surface area (Å²) in [6.07, 6.45) is 7.17. The highest BCUT2D eigenvalue weighted by atomic mass is 16.1. The second-order valence-corrected chi connectivity index (χ2v) is 9.06. The van der Waals surface area contributed by atoms with Gasteiger partial charge < -0.3 is 20.2 Å². The van der Waals surface area contributed by atoms with Crippen molar-refractivity contribution in [2.45, 2.75) is 32.2 Å². The van der Waals surface area contributed by atoms with Gasteiger partial charge in [0.1, 0.15) is 17.2 Å². The molecule has 5 aromatic rings. The van der Waals surface area contributed by atoms with Gasteiger partial charge in [-0.2, -0.15) is 0 Å². The highest BCUT2D eigenvalue weighted by Crippen LogP contribution is 2.33. The molecule has 2 aromatic carbocycles. The van der Waals surface area contributed by atoms with Crippen LogP contribution < -0.4 is 15.8 Å². The van der Waals surface area contributed by atoms with Crippen LogP contribution in [0.1, 0.15) is 38.1 Å². The SMILES string of the molecule is C[C@H](Nc1c(-c2nc3ccc(N4CCCCC4)cc3[nH]2)c(=O)[nH]c2ccccc12)c1ncccn1. The largest absolute Gasteiger partial charge is 0.374 e. The normalized spacial score (nSPS) is 14.9. The average Bonchev–Trinajstić information content (AvgIpc) is 3.32. The number of para-hydroxylation sites is 1. The van der Waals surface area contributed by atoms with E-state index in [4.69, 9.17) is 4.98 Å². The lowest BCUT2D eigenvalue weighted by atomic mass is 10.1. The molecule has 0 saturated carbocycles. The molecule has 1 saturated heterocycles. The van der Waals surface area contributed by atoms with Crippen molar-refractivity contribution in [1.82, 2.24) is 24.9 Å². The zero-order valence-electron chi connectivity index (χ0n) is 19.6. The summed E-state index contributed by atoms with van der Waals surface area (Å²) in [7, 11) is 0. The lowest BCUT2D eigenvalue weighted by Crippen LogP contribution is -2.29. The van der Waals surface area contributed by atoms with Gasteiger partial charge in [0.2, 0.25) is 0 Å². The van der Waals surface area contributed by atoms with Crippen molar-refractivity contribution < 1.29 is 0 Å². The lowest BCUT2D eigenvalue weighted by molar-refractivity contribution is 0.578. The summed E-state index contributed by atoms with van der Waals surface area (Å²) in [6, 6.07) is 15.6. The molecule has 0 amide bonds. The maximum atomic E-state index is 13.4. The number of rotatable bonds is 5. The zero-order valence-corrected chi connectivity index (χ0v) is 19.6. The number of aromatic amines is 2. The summed E-state index contributed by atoms with van der Waals surface area (Å²) in [5.74, 6) is 1.19. The predicted molar refractivity (Wildman–Crippen MR) is 140 cm³/mol. The Balaban J connectivity index is 1.47. The Morgan fingerprint density at radius 3 is 2.57 bits per heavy atom. The number of fused-ring (bicyclic) bond motifs is 2. The minimum atomic E-state index is -0.213. The van der Waals surface area contributed by atoms with Crippen LogP contribution >= 0.6 is 0 Å². The van der Waals surface area contributed by atoms with E-state index in [0.717, 1.165) is 35.0 Å². The van der Waals surface area contributed by atoms with Crippen molar-refractivity contribution in [2.24, 2.45) is 0 Å². The number of H-pyrrole nitrogens is 2. The summed E-state index contributed by atoms with van der Waals surface area (Å²) < 4.78 is 0. The fourth-order valence-corrected chi connectivity index (χ4v) is 4.90. The minimum Gasteiger partial charge on any atom is -0.374 e. The summed E-state index contributed by atoms with van der Waals surface area (Å²) in [5, 5.41) is 4.41. The monoisotopic (exact) mass is 465 g/mol. The molecular weight excluding hydrogens is 438 g/mol. The highest BCUT2D eigenvalue weighted by molar-refractivity contribution is 5.99. The molecule has 0 bridgehead atoms. The number of benzene rings is 2. The Labute approximate surface area is 202 Å². The third kappa shape index (κ3) is 4.01. The molecule has 4 heterocycles. The maximum absolute atomic E-state index is 13.4. The average molecular weight is 466 g/mol. The van der Waals surface area contributed by atoms with Crippen molar-refractivity contribution in [3.63, 3.8) is 0 Å². The Hall–Kier alpha value is -4.20. The number of anilines is 2. The molecule has 3 aromatic heterocycles. The first-order valence-electron chi connectivity index (χ1n) is 12.1. The van der Waals surface area contributed by atoms with Crippen LogP contribution in [0.3, 0.4) is 0 Å². The molecule has 3 N–H and O–H groups in total. The van der Waals surface area contributed by atoms with E-state index < -0.39 is 0 Å². The molecule has 1 atom stereocenters. The fraction of sp³-hybridized carbons (Fsp3) is 0.259. The first kappa shape index (κ1) is 21.3. The van der Waals surface area contributed by atoms with Crippen LogP contribution in [0, 0.1) is 0 Å². The first-order chi connectivity index (χ1) is 17.2. The van der Waals surface area contributed by atoms with Crippen LogP contribution in [0.15, 0.2) is 65.7 Å². The van der Waals surface area contributed by atoms with Gasteiger partial charge in [0.25, 0.3) is 5.56 Å². The summed E-state index contributed by atoms with van der Waals surface area (Å²) in [4.78, 5) is 35.8. The Kier molecular flexibility index (Phi) is 5.41. The van der Waals surface area contributed by atoms with E-state index in [-0.39, 0.29) is 11.6 Å². The number of nitrogens with zero attached hydrogens (tertiary/aromatic N) is 4. The molecule has 0 unspecified atom stereocenters. The standard InChI is InChI=1S/C27H27N7O/c1-17(25-28-12-7-13-29-25)30-24-19-8-3-4-9-20(19)33-27(35)23(24)26-31-21-11-10-18(16-22(21)32-26)34-14-5-2-6-15-34/h3-4,7-13,16-17H,2,5-6,14-15H2,1H3,(H,31,32)(H2,30,33,35)/t17-/m0/s1. The van der Waals surface area contributed by atoms with E-state index in [1.165, 1.54) is 24.9 Å². The van der Waals surface area contributed by atoms with Crippen molar-refractivity contribution >= 4 is 33.3 Å². The third-order valence-electron chi connectivity index (χ3n) is 6.68. The Morgan fingerprint density at radius 1 is 0.943 bits per heavy atom. The molecule has 0 radical (unpaired) electrons. The van der Waals surface area contributed by atoms with E-state index in [1.54, 1.807) is 18.5 Å². The summed E-state index contributed by atoms with van der Waals surface area (Å²) >= 11 is 0. The van der Waals surface area contributed by atoms with E-state index in [1.807, 2.05) is 37.3 Å². The van der Waals surface area contributed by atoms with Crippen LogP contribution in [0.25, 0.3) is 33.3 Å². The second kappa shape index (κ2) is 8.87. The molecule has 8 heteroatoms. The van der Waals surface area contributed by atoms with Crippen molar-refractivity contribution in [2.75, 3.05) is 23.3 Å². The minimum absolute atomic E-state index is 0.206. The molecule has 1 aliphatic rings. The van der Waals surface area contributed by atoms with Crippen LogP contribution in [0.4, 0.5) is 11.4 Å². The van der Waals surface area contributed by atoms with Crippen LogP contribution in [-0.2, 0) is 0 Å². The van der Waals surface area contributed by atoms with E-state index in [2.05, 4.69) is 42.3 Å². The summed E-state index contributed by atoms with van der Waals surface area (Å²) in [6.45, 7) is 4.13. The van der Waals surface area contributed by atoms with E-state index in [0.29, 0.717) is 22.9 Å². The molecule has 35 heavy (non-hydrogen) atoms. The molecule has 0 spiro atoms. The van der Waals surface area contributed by atoms with Gasteiger partial charge in [-0.15, -0.1) is 0 Å². The quantitative estimate of drug-likeness (QED) is 0.337. The molecule has 1 aliphatic heterocycles. The Morgan fingerprint density at radius 2 is 1.74 bits per heavy atom. The van der Waals surface area contributed by atoms with Crippen molar-refractivity contribution in [3.05, 3.63) is 77.1 Å². The van der Waals surface area contributed by atoms with Gasteiger partial charge in [-0.3, -0.25) is 4.79 Å². The number of aromatic nitrogens is 5.